The van der Waals surface area contributed by atoms with E-state index in [0.717, 1.165) is 38.8 Å². The summed E-state index contributed by atoms with van der Waals surface area (Å²) in [5.74, 6) is -0.0983. The zero-order valence-electron chi connectivity index (χ0n) is 15.0. The smallest absolute Gasteiger partial charge is 0.303 e. The number of imidazole rings is 1. The Labute approximate surface area is 163 Å². The number of fused-ring (bicyclic) bond motifs is 2. The molecule has 0 spiro atoms. The number of benzene rings is 3. The van der Waals surface area contributed by atoms with E-state index in [-0.39, 0.29) is 24.7 Å². The average Bonchev–Trinajstić information content (AvgIpc) is 3.01. The zero-order chi connectivity index (χ0) is 18.1. The number of aromatic amines is 1. The summed E-state index contributed by atoms with van der Waals surface area (Å²) in [4.78, 5) is 19.4. The lowest BCUT2D eigenvalue weighted by molar-refractivity contribution is -0.137. The fourth-order valence-electron chi connectivity index (χ4n) is 3.48. The molecule has 1 unspecified atom stereocenters. The maximum absolute atomic E-state index is 11.4. The number of halogens is 1. The number of aryl methyl sites for hydroxylation is 1. The van der Waals surface area contributed by atoms with Crippen molar-refractivity contribution in [1.29, 1.82) is 0 Å². The van der Waals surface area contributed by atoms with Crippen LogP contribution in [-0.4, -0.2) is 21.0 Å². The van der Waals surface area contributed by atoms with Gasteiger partial charge in [0.25, 0.3) is 0 Å². The van der Waals surface area contributed by atoms with Crippen LogP contribution < -0.4 is 0 Å². The van der Waals surface area contributed by atoms with Crippen LogP contribution in [0.2, 0.25) is 0 Å². The molecule has 138 valence electrons. The first kappa shape index (κ1) is 18.9. The molecule has 0 radical (unpaired) electrons. The molecule has 1 heterocycles. The molecular weight excluding hydrogens is 360 g/mol. The molecule has 3 aromatic carbocycles. The standard InChI is InChI=1S/C22H20N2O2.ClH/c1-14-6-9-19-20(10-14)24-21(23-19)12-18(13-22(25)26)17-8-7-15-4-2-3-5-16(15)11-17;/h2-11,18H,12-13H2,1H3,(H,23,24)(H,25,26);1H. The average molecular weight is 381 g/mol. The Morgan fingerprint density at radius 3 is 2.63 bits per heavy atom. The van der Waals surface area contributed by atoms with Gasteiger partial charge in [0.2, 0.25) is 0 Å². The third-order valence-electron chi connectivity index (χ3n) is 4.79. The summed E-state index contributed by atoms with van der Waals surface area (Å²) in [7, 11) is 0. The van der Waals surface area contributed by atoms with Crippen molar-refractivity contribution in [2.75, 3.05) is 0 Å². The second-order valence-corrected chi connectivity index (χ2v) is 6.81. The fourth-order valence-corrected chi connectivity index (χ4v) is 3.48. The van der Waals surface area contributed by atoms with Crippen LogP contribution in [0.25, 0.3) is 21.8 Å². The molecule has 4 aromatic rings. The first-order valence-electron chi connectivity index (χ1n) is 8.74. The van der Waals surface area contributed by atoms with Crippen molar-refractivity contribution in [2.45, 2.75) is 25.7 Å². The number of rotatable bonds is 5. The van der Waals surface area contributed by atoms with E-state index in [2.05, 4.69) is 34.2 Å². The molecule has 27 heavy (non-hydrogen) atoms. The van der Waals surface area contributed by atoms with E-state index in [1.54, 1.807) is 0 Å². The highest BCUT2D eigenvalue weighted by Crippen LogP contribution is 2.28. The van der Waals surface area contributed by atoms with Crippen molar-refractivity contribution in [3.05, 3.63) is 77.6 Å². The molecule has 0 saturated heterocycles. The lowest BCUT2D eigenvalue weighted by Gasteiger charge is -2.15. The van der Waals surface area contributed by atoms with Crippen LogP contribution >= 0.6 is 12.4 Å². The lowest BCUT2D eigenvalue weighted by Crippen LogP contribution is -2.10. The van der Waals surface area contributed by atoms with Crippen LogP contribution in [0.3, 0.4) is 0 Å². The summed E-state index contributed by atoms with van der Waals surface area (Å²) in [5, 5.41) is 11.7. The van der Waals surface area contributed by atoms with E-state index in [1.807, 2.05) is 43.3 Å². The van der Waals surface area contributed by atoms with Gasteiger partial charge < -0.3 is 10.1 Å². The largest absolute Gasteiger partial charge is 0.481 e. The quantitative estimate of drug-likeness (QED) is 0.497. The van der Waals surface area contributed by atoms with Gasteiger partial charge >= 0.3 is 5.97 Å². The minimum absolute atomic E-state index is 0. The first-order valence-corrected chi connectivity index (χ1v) is 8.74. The number of nitrogens with one attached hydrogen (secondary N) is 1. The molecule has 0 aliphatic carbocycles. The molecule has 4 rings (SSSR count). The molecule has 4 nitrogen and oxygen atoms in total. The Morgan fingerprint density at radius 2 is 1.85 bits per heavy atom. The van der Waals surface area contributed by atoms with Crippen molar-refractivity contribution < 1.29 is 9.90 Å². The summed E-state index contributed by atoms with van der Waals surface area (Å²) in [6.45, 7) is 2.04. The van der Waals surface area contributed by atoms with E-state index >= 15 is 0 Å². The zero-order valence-corrected chi connectivity index (χ0v) is 15.8. The Morgan fingerprint density at radius 1 is 1.07 bits per heavy atom. The summed E-state index contributed by atoms with van der Waals surface area (Å²) < 4.78 is 0. The van der Waals surface area contributed by atoms with Crippen molar-refractivity contribution in [2.24, 2.45) is 0 Å². The highest BCUT2D eigenvalue weighted by molar-refractivity contribution is 5.85. The number of H-pyrrole nitrogens is 1. The number of nitrogens with zero attached hydrogens (tertiary/aromatic N) is 1. The molecule has 5 heteroatoms. The highest BCUT2D eigenvalue weighted by Gasteiger charge is 2.18. The van der Waals surface area contributed by atoms with Gasteiger partial charge in [0.05, 0.1) is 17.5 Å². The number of carboxylic acid groups (broad SMARTS) is 1. The summed E-state index contributed by atoms with van der Waals surface area (Å²) in [6, 6.07) is 20.4. The Kier molecular flexibility index (Phi) is 5.47. The minimum atomic E-state index is -0.796. The molecule has 0 amide bonds. The summed E-state index contributed by atoms with van der Waals surface area (Å²) >= 11 is 0. The van der Waals surface area contributed by atoms with E-state index in [1.165, 1.54) is 0 Å². The van der Waals surface area contributed by atoms with Gasteiger partial charge in [-0.3, -0.25) is 4.79 Å². The highest BCUT2D eigenvalue weighted by atomic mass is 35.5. The van der Waals surface area contributed by atoms with Gasteiger partial charge in [-0.15, -0.1) is 12.4 Å². The third kappa shape index (κ3) is 4.12. The summed E-state index contributed by atoms with van der Waals surface area (Å²) in [6.07, 6.45) is 0.646. The molecule has 1 aromatic heterocycles. The number of hydrogen-bond donors (Lipinski definition) is 2. The van der Waals surface area contributed by atoms with Crippen LogP contribution in [0.5, 0.6) is 0 Å². The molecule has 0 aliphatic rings. The lowest BCUT2D eigenvalue weighted by atomic mass is 9.90. The molecule has 0 bridgehead atoms. The van der Waals surface area contributed by atoms with Gasteiger partial charge in [0, 0.05) is 12.3 Å². The van der Waals surface area contributed by atoms with Gasteiger partial charge in [-0.05, 0) is 41.0 Å². The molecule has 1 atom stereocenters. The molecular formula is C22H21ClN2O2. The number of hydrogen-bond acceptors (Lipinski definition) is 2. The van der Waals surface area contributed by atoms with Crippen molar-refractivity contribution >= 4 is 40.2 Å². The van der Waals surface area contributed by atoms with Crippen LogP contribution in [0, 0.1) is 6.92 Å². The van der Waals surface area contributed by atoms with E-state index < -0.39 is 5.97 Å². The second kappa shape index (κ2) is 7.80. The first-order chi connectivity index (χ1) is 12.6. The predicted molar refractivity (Wildman–Crippen MR) is 111 cm³/mol. The molecule has 2 N–H and O–H groups in total. The predicted octanol–water partition coefficient (Wildman–Crippen LogP) is 5.25. The van der Waals surface area contributed by atoms with Gasteiger partial charge in [-0.2, -0.15) is 0 Å². The molecule has 0 fully saturated rings. The molecule has 0 aliphatic heterocycles. The van der Waals surface area contributed by atoms with Crippen molar-refractivity contribution in [1.82, 2.24) is 9.97 Å². The van der Waals surface area contributed by atoms with Crippen molar-refractivity contribution in [3.8, 4) is 0 Å². The maximum atomic E-state index is 11.4. The van der Waals surface area contributed by atoms with E-state index in [9.17, 15) is 9.90 Å². The second-order valence-electron chi connectivity index (χ2n) is 6.81. The SMILES string of the molecule is Cc1ccc2[nH]c(CC(CC(=O)O)c3ccc4ccccc4c3)nc2c1.Cl. The van der Waals surface area contributed by atoms with Gasteiger partial charge in [-0.25, -0.2) is 4.98 Å². The van der Waals surface area contributed by atoms with Crippen molar-refractivity contribution in [3.63, 3.8) is 0 Å². The number of aliphatic carboxylic acids is 1. The normalized spacial score (nSPS) is 12.0. The van der Waals surface area contributed by atoms with Gasteiger partial charge in [-0.1, -0.05) is 48.5 Å². The fraction of sp³-hybridized carbons (Fsp3) is 0.182. The van der Waals surface area contributed by atoms with Gasteiger partial charge in [0.15, 0.2) is 0 Å². The summed E-state index contributed by atoms with van der Waals surface area (Å²) in [5.41, 5.74) is 4.10. The van der Waals surface area contributed by atoms with Crippen LogP contribution in [0.1, 0.15) is 29.3 Å². The van der Waals surface area contributed by atoms with Crippen LogP contribution in [0.4, 0.5) is 0 Å². The molecule has 0 saturated carbocycles. The third-order valence-corrected chi connectivity index (χ3v) is 4.79. The Bertz CT molecular complexity index is 1100. The number of aromatic nitrogens is 2. The number of carboxylic acids is 1. The van der Waals surface area contributed by atoms with Gasteiger partial charge in [0.1, 0.15) is 5.82 Å². The Balaban J connectivity index is 0.00000210. The topological polar surface area (TPSA) is 66.0 Å². The van der Waals surface area contributed by atoms with E-state index in [0.29, 0.717) is 6.42 Å². The monoisotopic (exact) mass is 380 g/mol. The maximum Gasteiger partial charge on any atom is 0.303 e. The van der Waals surface area contributed by atoms with Crippen LogP contribution in [0.15, 0.2) is 60.7 Å². The minimum Gasteiger partial charge on any atom is -0.481 e. The van der Waals surface area contributed by atoms with E-state index in [4.69, 9.17) is 0 Å². The number of carbonyl (C=O) groups is 1. The van der Waals surface area contributed by atoms with Crippen LogP contribution in [-0.2, 0) is 11.2 Å². The Hall–Kier alpha value is -2.85.